The number of amides is 4. The van der Waals surface area contributed by atoms with E-state index in [2.05, 4.69) is 56.2 Å². The highest BCUT2D eigenvalue weighted by atomic mass is 16.2. The monoisotopic (exact) mass is 1190 g/mol. The van der Waals surface area contributed by atoms with Gasteiger partial charge in [-0.15, -0.1) is 0 Å². The third-order valence-corrected chi connectivity index (χ3v) is 15.3. The number of carbonyl (C=O) groups excluding carboxylic acids is 8. The first-order valence-electron chi connectivity index (χ1n) is 30.8. The van der Waals surface area contributed by atoms with Gasteiger partial charge in [-0.25, -0.2) is 0 Å². The Hall–Kier alpha value is -3.60. The second-order valence-electron chi connectivity index (χ2n) is 33.3. The van der Waals surface area contributed by atoms with Crippen molar-refractivity contribution in [1.29, 1.82) is 0 Å². The molecule has 4 atom stereocenters. The number of hydrogen-bond acceptors (Lipinski definition) is 12. The number of hydrogen-bond donors (Lipinski definition) is 0. The summed E-state index contributed by atoms with van der Waals surface area (Å²) in [6.07, 6.45) is 1.87. The fourth-order valence-corrected chi connectivity index (χ4v) is 8.73. The largest absolute Gasteiger partial charge is 0.344 e. The molecule has 0 radical (unpaired) electrons. The quantitative estimate of drug-likeness (QED) is 0.0900. The highest BCUT2D eigenvalue weighted by molar-refractivity contribution is 5.92. The van der Waals surface area contributed by atoms with Crippen molar-refractivity contribution in [1.82, 2.24) is 39.2 Å². The van der Waals surface area contributed by atoms with Gasteiger partial charge in [-0.2, -0.15) is 0 Å². The van der Waals surface area contributed by atoms with E-state index >= 15 is 0 Å². The summed E-state index contributed by atoms with van der Waals surface area (Å²) in [6.45, 7) is 52.6. The Morgan fingerprint density at radius 1 is 0.310 bits per heavy atom. The van der Waals surface area contributed by atoms with Crippen LogP contribution in [0.3, 0.4) is 0 Å². The zero-order valence-electron chi connectivity index (χ0n) is 61.6. The average molecular weight is 1190 g/mol. The highest BCUT2D eigenvalue weighted by Crippen LogP contribution is 2.36. The Morgan fingerprint density at radius 3 is 0.964 bits per heavy atom. The van der Waals surface area contributed by atoms with Gasteiger partial charge >= 0.3 is 0 Å². The molecule has 4 amide bonds. The standard InChI is InChI=1S/4C17H34N2O2/c1-16(2,3)13(15(21)17(4,5)6)12-14(20)19(9)11-10-18(7)8;1-16(2,3)13(12-14(20)17(4,5)6)15(21)19(9)11-10-18(7)8;1-16(2,3)13(18(7)8)12-19(9)15(21)11-10-14(20)17(4,5)6;1-16(2,3)13(12-18(7)8)19(9)15(21)11-10-14(20)17(4,5)6/h4*13H,10-12H2,1-9H3. The van der Waals surface area contributed by atoms with Crippen LogP contribution < -0.4 is 0 Å². The van der Waals surface area contributed by atoms with Crippen LogP contribution in [-0.2, 0) is 38.4 Å². The summed E-state index contributed by atoms with van der Waals surface area (Å²) in [5, 5.41) is 0. The fourth-order valence-electron chi connectivity index (χ4n) is 8.73. The van der Waals surface area contributed by atoms with Gasteiger partial charge in [0.05, 0.1) is 0 Å². The Labute approximate surface area is 518 Å². The lowest BCUT2D eigenvalue weighted by molar-refractivity contribution is -0.142. The van der Waals surface area contributed by atoms with Crippen LogP contribution in [0, 0.1) is 55.2 Å². The van der Waals surface area contributed by atoms with Crippen LogP contribution in [0.25, 0.3) is 0 Å². The predicted molar refractivity (Wildman–Crippen MR) is 353 cm³/mol. The van der Waals surface area contributed by atoms with Crippen molar-refractivity contribution in [3.05, 3.63) is 0 Å². The lowest BCUT2D eigenvalue weighted by Gasteiger charge is -2.39. The fraction of sp³-hybridized carbons (Fsp3) is 0.882. The molecule has 0 aromatic carbocycles. The van der Waals surface area contributed by atoms with Crippen molar-refractivity contribution in [2.75, 3.05) is 124 Å². The van der Waals surface area contributed by atoms with E-state index in [1.165, 1.54) is 0 Å². The van der Waals surface area contributed by atoms with Crippen LogP contribution in [0.15, 0.2) is 0 Å². The van der Waals surface area contributed by atoms with E-state index < -0.39 is 10.8 Å². The smallest absolute Gasteiger partial charge is 0.226 e. The molecule has 84 heavy (non-hydrogen) atoms. The van der Waals surface area contributed by atoms with Crippen molar-refractivity contribution in [3.63, 3.8) is 0 Å². The molecule has 0 spiro atoms. The van der Waals surface area contributed by atoms with Gasteiger partial charge in [-0.3, -0.25) is 38.4 Å². The molecule has 16 heteroatoms. The molecule has 0 fully saturated rings. The molecule has 0 aliphatic heterocycles. The van der Waals surface area contributed by atoms with E-state index in [0.29, 0.717) is 58.2 Å². The Balaban J connectivity index is -0.000000508. The van der Waals surface area contributed by atoms with Crippen molar-refractivity contribution in [3.8, 4) is 0 Å². The molecule has 0 rings (SSSR count). The molecule has 0 aliphatic rings. The highest BCUT2D eigenvalue weighted by Gasteiger charge is 2.40. The van der Waals surface area contributed by atoms with Crippen LogP contribution in [-0.4, -0.2) is 222 Å². The number of ketones is 4. The molecule has 0 aliphatic carbocycles. The van der Waals surface area contributed by atoms with E-state index in [-0.39, 0.29) is 103 Å². The van der Waals surface area contributed by atoms with Gasteiger partial charge in [0.25, 0.3) is 0 Å². The molecule has 0 aromatic rings. The van der Waals surface area contributed by atoms with Crippen LogP contribution in [0.5, 0.6) is 0 Å². The molecule has 0 aromatic heterocycles. The summed E-state index contributed by atoms with van der Waals surface area (Å²) in [4.78, 5) is 114. The molecule has 0 saturated heterocycles. The normalized spacial score (nSPS) is 14.2. The zero-order chi connectivity index (χ0) is 68.0. The Kier molecular flexibility index (Phi) is 37.2. The number of Topliss-reactive ketones (excluding diaryl/α,β-unsaturated/α-hetero) is 4. The van der Waals surface area contributed by atoms with Gasteiger partial charge in [0.1, 0.15) is 23.1 Å². The SMILES string of the molecule is CN(C)CC(N(C)C(=O)CCC(=O)C(C)(C)C)C(C)(C)C.CN(C)CCN(C)C(=O)C(CC(=O)C(C)(C)C)C(C)(C)C.CN(C)CCN(C)C(=O)CC(C(=O)C(C)(C)C)C(C)(C)C.CN(CC(N(C)C)C(C)(C)C)C(=O)CCC(=O)C(C)(C)C. The zero-order valence-corrected chi connectivity index (χ0v) is 61.6. The van der Waals surface area contributed by atoms with E-state index in [9.17, 15) is 38.4 Å². The molecule has 4 unspecified atom stereocenters. The lowest BCUT2D eigenvalue weighted by atomic mass is 9.69. The molecule has 16 nitrogen and oxygen atoms in total. The van der Waals surface area contributed by atoms with Crippen LogP contribution in [0.1, 0.15) is 205 Å². The number of nitrogens with zero attached hydrogens (tertiary/aromatic N) is 8. The van der Waals surface area contributed by atoms with E-state index in [1.54, 1.807) is 14.7 Å². The Bertz CT molecular complexity index is 2020. The third kappa shape index (κ3) is 37.2. The van der Waals surface area contributed by atoms with Crippen molar-refractivity contribution >= 4 is 46.8 Å². The van der Waals surface area contributed by atoms with Gasteiger partial charge in [0, 0.05) is 152 Å². The van der Waals surface area contributed by atoms with Gasteiger partial charge in [-0.1, -0.05) is 166 Å². The second-order valence-corrected chi connectivity index (χ2v) is 33.3. The minimum Gasteiger partial charge on any atom is -0.344 e. The summed E-state index contributed by atoms with van der Waals surface area (Å²) in [5.41, 5.74) is -1.87. The molecule has 0 heterocycles. The van der Waals surface area contributed by atoms with E-state index in [4.69, 9.17) is 0 Å². The number of rotatable bonds is 24. The first kappa shape index (κ1) is 86.8. The maximum absolute atomic E-state index is 12.7. The lowest BCUT2D eigenvalue weighted by Crippen LogP contribution is -2.50. The summed E-state index contributed by atoms with van der Waals surface area (Å²) in [7, 11) is 23.4. The summed E-state index contributed by atoms with van der Waals surface area (Å²) < 4.78 is 0. The number of likely N-dealkylation sites (N-methyl/N-ethyl adjacent to an activating group) is 8. The minimum atomic E-state index is -0.416. The van der Waals surface area contributed by atoms with Crippen LogP contribution in [0.4, 0.5) is 0 Å². The predicted octanol–water partition coefficient (Wildman–Crippen LogP) is 11.0. The number of carbonyl (C=O) groups is 8. The first-order valence-corrected chi connectivity index (χ1v) is 30.8. The maximum atomic E-state index is 12.7. The molecular formula is C68H136N8O8. The first-order chi connectivity index (χ1) is 37.1. The third-order valence-electron chi connectivity index (χ3n) is 15.3. The summed E-state index contributed by atoms with van der Waals surface area (Å²) in [6, 6.07) is 0.412. The van der Waals surface area contributed by atoms with E-state index in [0.717, 1.165) is 19.6 Å². The molecule has 496 valence electrons. The van der Waals surface area contributed by atoms with Gasteiger partial charge < -0.3 is 39.2 Å². The van der Waals surface area contributed by atoms with Crippen LogP contribution in [0.2, 0.25) is 0 Å². The van der Waals surface area contributed by atoms with Gasteiger partial charge in [0.2, 0.25) is 23.6 Å². The molecule has 0 bridgehead atoms. The van der Waals surface area contributed by atoms with E-state index in [1.807, 2.05) is 219 Å². The van der Waals surface area contributed by atoms with Gasteiger partial charge in [-0.05, 0) is 78.0 Å². The Morgan fingerprint density at radius 2 is 0.667 bits per heavy atom. The molecule has 0 N–H and O–H groups in total. The maximum Gasteiger partial charge on any atom is 0.226 e. The molecule has 0 saturated carbocycles. The van der Waals surface area contributed by atoms with Crippen molar-refractivity contribution in [2.45, 2.75) is 217 Å². The van der Waals surface area contributed by atoms with Gasteiger partial charge in [0.15, 0.2) is 0 Å². The molecular weight excluding hydrogens is 1060 g/mol. The second kappa shape index (κ2) is 36.0. The summed E-state index contributed by atoms with van der Waals surface area (Å²) >= 11 is 0. The average Bonchev–Trinajstić information content (AvgIpc) is 3.29. The summed E-state index contributed by atoms with van der Waals surface area (Å²) in [5.74, 6) is 0.312. The van der Waals surface area contributed by atoms with Crippen molar-refractivity contribution in [2.24, 2.45) is 55.2 Å². The topological polar surface area (TPSA) is 162 Å². The van der Waals surface area contributed by atoms with Crippen LogP contribution >= 0.6 is 0 Å². The van der Waals surface area contributed by atoms with Crippen molar-refractivity contribution < 1.29 is 38.4 Å². The minimum absolute atomic E-state index is 0.00269.